The number of benzene rings is 2. The molecule has 1 amide bonds. The number of nitrogens with one attached hydrogen (secondary N) is 1. The van der Waals surface area contributed by atoms with E-state index in [2.05, 4.69) is 9.71 Å². The molecule has 0 aliphatic carbocycles. The van der Waals surface area contributed by atoms with E-state index in [1.807, 2.05) is 11.9 Å². The molecule has 1 aliphatic rings. The molecule has 1 aliphatic heterocycles. The van der Waals surface area contributed by atoms with E-state index in [0.29, 0.717) is 23.5 Å². The molecule has 8 heteroatoms. The number of likely N-dealkylation sites (tertiary alicyclic amines) is 1. The van der Waals surface area contributed by atoms with Crippen molar-refractivity contribution in [2.75, 3.05) is 18.9 Å². The van der Waals surface area contributed by atoms with Gasteiger partial charge in [0.15, 0.2) is 0 Å². The SMILES string of the molecule is CN1CCCC1=NS(=O)(=O)c1ccc(NC(=O)/C=C/c2ccc(F)cc2)cc1. The number of sulfonamides is 1. The quantitative estimate of drug-likeness (QED) is 0.780. The highest BCUT2D eigenvalue weighted by Crippen LogP contribution is 2.19. The number of rotatable bonds is 5. The summed E-state index contributed by atoms with van der Waals surface area (Å²) in [7, 11) is -1.96. The number of carbonyl (C=O) groups is 1. The molecule has 2 aromatic carbocycles. The van der Waals surface area contributed by atoms with Gasteiger partial charge >= 0.3 is 0 Å². The zero-order valence-corrected chi connectivity index (χ0v) is 16.1. The van der Waals surface area contributed by atoms with Crippen LogP contribution in [0.3, 0.4) is 0 Å². The first-order chi connectivity index (χ1) is 13.3. The molecule has 0 radical (unpaired) electrons. The fourth-order valence-corrected chi connectivity index (χ4v) is 3.83. The number of nitrogens with zero attached hydrogens (tertiary/aromatic N) is 2. The minimum atomic E-state index is -3.78. The largest absolute Gasteiger partial charge is 0.362 e. The third-order valence-corrected chi connectivity index (χ3v) is 5.60. The van der Waals surface area contributed by atoms with Crippen LogP contribution in [-0.2, 0) is 14.8 Å². The lowest BCUT2D eigenvalue weighted by molar-refractivity contribution is -0.111. The molecule has 0 unspecified atom stereocenters. The number of amidine groups is 1. The molecular formula is C20H20FN3O3S. The van der Waals surface area contributed by atoms with Crippen LogP contribution < -0.4 is 5.32 Å². The second-order valence-electron chi connectivity index (χ2n) is 6.41. The highest BCUT2D eigenvalue weighted by Gasteiger charge is 2.20. The maximum Gasteiger partial charge on any atom is 0.283 e. The lowest BCUT2D eigenvalue weighted by atomic mass is 10.2. The summed E-state index contributed by atoms with van der Waals surface area (Å²) in [5.74, 6) is -0.169. The number of halogens is 1. The summed E-state index contributed by atoms with van der Waals surface area (Å²) in [5.41, 5.74) is 1.15. The van der Waals surface area contributed by atoms with Gasteiger partial charge in [0.2, 0.25) is 5.91 Å². The van der Waals surface area contributed by atoms with Gasteiger partial charge in [-0.3, -0.25) is 4.79 Å². The Labute approximate surface area is 163 Å². The molecule has 1 N–H and O–H groups in total. The van der Waals surface area contributed by atoms with Crippen LogP contribution in [0.1, 0.15) is 18.4 Å². The first-order valence-corrected chi connectivity index (χ1v) is 10.2. The van der Waals surface area contributed by atoms with Gasteiger partial charge in [-0.15, -0.1) is 4.40 Å². The average molecular weight is 401 g/mol. The van der Waals surface area contributed by atoms with Crippen molar-refractivity contribution < 1.29 is 17.6 Å². The van der Waals surface area contributed by atoms with Crippen LogP contribution in [0.2, 0.25) is 0 Å². The van der Waals surface area contributed by atoms with Crippen molar-refractivity contribution in [3.05, 3.63) is 66.0 Å². The van der Waals surface area contributed by atoms with Crippen molar-refractivity contribution >= 4 is 33.5 Å². The Balaban J connectivity index is 1.65. The number of carbonyl (C=O) groups excluding carboxylic acids is 1. The Morgan fingerprint density at radius 3 is 2.43 bits per heavy atom. The van der Waals surface area contributed by atoms with Crippen LogP contribution in [0.25, 0.3) is 6.08 Å². The predicted octanol–water partition coefficient (Wildman–Crippen LogP) is 3.29. The first kappa shape index (κ1) is 19.8. The molecule has 1 saturated heterocycles. The maximum atomic E-state index is 12.9. The number of amides is 1. The van der Waals surface area contributed by atoms with Gasteiger partial charge < -0.3 is 10.2 Å². The van der Waals surface area contributed by atoms with Crippen LogP contribution in [-0.4, -0.2) is 38.7 Å². The van der Waals surface area contributed by atoms with Crippen molar-refractivity contribution in [1.82, 2.24) is 4.90 Å². The zero-order chi connectivity index (χ0) is 20.1. The van der Waals surface area contributed by atoms with Crippen LogP contribution in [0.15, 0.2) is 63.9 Å². The van der Waals surface area contributed by atoms with Crippen molar-refractivity contribution in [1.29, 1.82) is 0 Å². The van der Waals surface area contributed by atoms with Gasteiger partial charge in [0, 0.05) is 31.8 Å². The Hall–Kier alpha value is -3.00. The second-order valence-corrected chi connectivity index (χ2v) is 8.01. The lowest BCUT2D eigenvalue weighted by Gasteiger charge is -2.11. The molecular weight excluding hydrogens is 381 g/mol. The Morgan fingerprint density at radius 1 is 1.14 bits per heavy atom. The van der Waals surface area contributed by atoms with Crippen LogP contribution in [0, 0.1) is 5.82 Å². The van der Waals surface area contributed by atoms with Gasteiger partial charge in [-0.2, -0.15) is 8.42 Å². The normalized spacial score (nSPS) is 16.1. The standard InChI is InChI=1S/C20H20FN3O3S/c1-24-14-2-3-19(24)23-28(26,27)18-11-9-17(10-12-18)22-20(25)13-6-15-4-7-16(21)8-5-15/h4-13H,2-3,14H2,1H3,(H,22,25)/b13-6+,23-19?. The average Bonchev–Trinajstić information content (AvgIpc) is 3.06. The molecule has 0 spiro atoms. The van der Waals surface area contributed by atoms with E-state index >= 15 is 0 Å². The summed E-state index contributed by atoms with van der Waals surface area (Å²) in [6.07, 6.45) is 4.41. The van der Waals surface area contributed by atoms with Gasteiger partial charge in [-0.05, 0) is 54.5 Å². The molecule has 0 atom stereocenters. The Bertz CT molecular complexity index is 1010. The molecule has 2 aromatic rings. The van der Waals surface area contributed by atoms with Crippen molar-refractivity contribution in [3.8, 4) is 0 Å². The smallest absolute Gasteiger partial charge is 0.283 e. The fraction of sp³-hybridized carbons (Fsp3) is 0.200. The molecule has 6 nitrogen and oxygen atoms in total. The summed E-state index contributed by atoms with van der Waals surface area (Å²) in [4.78, 5) is 13.9. The van der Waals surface area contributed by atoms with Crippen LogP contribution in [0.4, 0.5) is 10.1 Å². The highest BCUT2D eigenvalue weighted by atomic mass is 32.2. The number of anilines is 1. The molecule has 0 aromatic heterocycles. The summed E-state index contributed by atoms with van der Waals surface area (Å²) in [6.45, 7) is 0.796. The Morgan fingerprint density at radius 2 is 1.82 bits per heavy atom. The monoisotopic (exact) mass is 401 g/mol. The van der Waals surface area contributed by atoms with Crippen LogP contribution in [0.5, 0.6) is 0 Å². The van der Waals surface area contributed by atoms with Crippen molar-refractivity contribution in [2.45, 2.75) is 17.7 Å². The van der Waals surface area contributed by atoms with E-state index in [0.717, 1.165) is 13.0 Å². The fourth-order valence-electron chi connectivity index (χ4n) is 2.74. The van der Waals surface area contributed by atoms with E-state index in [-0.39, 0.29) is 16.6 Å². The summed E-state index contributed by atoms with van der Waals surface area (Å²) >= 11 is 0. The highest BCUT2D eigenvalue weighted by molar-refractivity contribution is 7.90. The summed E-state index contributed by atoms with van der Waals surface area (Å²) in [5, 5.41) is 2.64. The third-order valence-electron chi connectivity index (χ3n) is 4.28. The molecule has 1 fully saturated rings. The molecule has 0 saturated carbocycles. The number of hydrogen-bond donors (Lipinski definition) is 1. The zero-order valence-electron chi connectivity index (χ0n) is 15.3. The van der Waals surface area contributed by atoms with E-state index in [1.165, 1.54) is 42.5 Å². The van der Waals surface area contributed by atoms with Gasteiger partial charge in [-0.1, -0.05) is 12.1 Å². The van der Waals surface area contributed by atoms with Gasteiger partial charge in [0.05, 0.1) is 4.90 Å². The second kappa shape index (κ2) is 8.35. The minimum absolute atomic E-state index is 0.0696. The van der Waals surface area contributed by atoms with Crippen molar-refractivity contribution in [2.24, 2.45) is 4.40 Å². The minimum Gasteiger partial charge on any atom is -0.362 e. The molecule has 146 valence electrons. The Kier molecular flexibility index (Phi) is 5.89. The summed E-state index contributed by atoms with van der Waals surface area (Å²) < 4.78 is 41.6. The van der Waals surface area contributed by atoms with Gasteiger partial charge in [0.25, 0.3) is 10.0 Å². The molecule has 0 bridgehead atoms. The third kappa shape index (κ3) is 5.04. The van der Waals surface area contributed by atoms with Gasteiger partial charge in [-0.25, -0.2) is 4.39 Å². The number of hydrogen-bond acceptors (Lipinski definition) is 3. The molecule has 1 heterocycles. The summed E-state index contributed by atoms with van der Waals surface area (Å²) in [6, 6.07) is 11.6. The van der Waals surface area contributed by atoms with Crippen molar-refractivity contribution in [3.63, 3.8) is 0 Å². The molecule has 28 heavy (non-hydrogen) atoms. The predicted molar refractivity (Wildman–Crippen MR) is 107 cm³/mol. The molecule has 3 rings (SSSR count). The maximum absolute atomic E-state index is 12.9. The van der Waals surface area contributed by atoms with Gasteiger partial charge in [0.1, 0.15) is 11.7 Å². The van der Waals surface area contributed by atoms with E-state index in [4.69, 9.17) is 0 Å². The lowest BCUT2D eigenvalue weighted by Crippen LogP contribution is -2.20. The van der Waals surface area contributed by atoms with E-state index < -0.39 is 10.0 Å². The van der Waals surface area contributed by atoms with Crippen LogP contribution >= 0.6 is 0 Å². The topological polar surface area (TPSA) is 78.8 Å². The first-order valence-electron chi connectivity index (χ1n) is 8.73. The van der Waals surface area contributed by atoms with E-state index in [9.17, 15) is 17.6 Å². The van der Waals surface area contributed by atoms with E-state index in [1.54, 1.807) is 18.2 Å².